The fraction of sp³-hybridized carbons (Fsp3) is 0.545. The molecule has 0 radical (unpaired) electrons. The predicted molar refractivity (Wildman–Crippen MR) is 59.5 cm³/mol. The van der Waals surface area contributed by atoms with Gasteiger partial charge in [0.1, 0.15) is 12.0 Å². The van der Waals surface area contributed by atoms with E-state index in [1.807, 2.05) is 5.32 Å². The topological polar surface area (TPSA) is 156 Å². The summed E-state index contributed by atoms with van der Waals surface area (Å²) in [5, 5.41) is 24.6. The number of carbonyl (C=O) groups is 5. The molecule has 0 bridgehead atoms. The lowest BCUT2D eigenvalue weighted by Gasteiger charge is -2.17. The molecule has 0 aliphatic carbocycles. The first kappa shape index (κ1) is 17.6. The molecule has 9 nitrogen and oxygen atoms in total. The SMILES string of the molecule is CC[C@H](NC(=O)CCC(=O)C(=O)[O-])C(=O)NCC(=O)[O-]. The van der Waals surface area contributed by atoms with Gasteiger partial charge < -0.3 is 30.4 Å². The summed E-state index contributed by atoms with van der Waals surface area (Å²) in [6.07, 6.45) is -0.749. The minimum absolute atomic E-state index is 0.194. The predicted octanol–water partition coefficient (Wildman–Crippen LogP) is -4.15. The van der Waals surface area contributed by atoms with Gasteiger partial charge in [-0.05, 0) is 6.42 Å². The molecule has 0 aliphatic rings. The number of hydrogen-bond acceptors (Lipinski definition) is 7. The molecule has 0 fully saturated rings. The number of carboxylic acids is 2. The average Bonchev–Trinajstić information content (AvgIpc) is 2.38. The Labute approximate surface area is 114 Å². The first-order valence-electron chi connectivity index (χ1n) is 5.79. The number of amides is 2. The summed E-state index contributed by atoms with van der Waals surface area (Å²) < 4.78 is 0. The molecule has 0 saturated carbocycles. The first-order chi connectivity index (χ1) is 9.27. The highest BCUT2D eigenvalue weighted by molar-refractivity contribution is 6.31. The van der Waals surface area contributed by atoms with E-state index in [1.54, 1.807) is 6.92 Å². The van der Waals surface area contributed by atoms with Crippen LogP contribution in [0.2, 0.25) is 0 Å². The van der Waals surface area contributed by atoms with Crippen LogP contribution in [-0.2, 0) is 24.0 Å². The Balaban J connectivity index is 4.24. The highest BCUT2D eigenvalue weighted by Crippen LogP contribution is 1.96. The molecule has 0 aromatic carbocycles. The summed E-state index contributed by atoms with van der Waals surface area (Å²) in [6, 6.07) is -0.972. The molecular weight excluding hydrogens is 272 g/mol. The Hall–Kier alpha value is -2.45. The van der Waals surface area contributed by atoms with Crippen LogP contribution >= 0.6 is 0 Å². The maximum Gasteiger partial charge on any atom is 0.242 e. The van der Waals surface area contributed by atoms with E-state index in [4.69, 9.17) is 0 Å². The number of Topliss-reactive ketones (excluding diaryl/α,β-unsaturated/α-hetero) is 1. The number of carboxylic acid groups (broad SMARTS) is 2. The summed E-state index contributed by atoms with van der Waals surface area (Å²) in [7, 11) is 0. The third-order valence-corrected chi connectivity index (χ3v) is 2.27. The third-order valence-electron chi connectivity index (χ3n) is 2.27. The van der Waals surface area contributed by atoms with Gasteiger partial charge in [-0.15, -0.1) is 0 Å². The van der Waals surface area contributed by atoms with E-state index < -0.39 is 55.0 Å². The highest BCUT2D eigenvalue weighted by atomic mass is 16.4. The van der Waals surface area contributed by atoms with Crippen LogP contribution in [0.1, 0.15) is 26.2 Å². The molecule has 1 atom stereocenters. The number of rotatable bonds is 9. The third kappa shape index (κ3) is 7.09. The molecule has 112 valence electrons. The largest absolute Gasteiger partial charge is 0.548 e. The van der Waals surface area contributed by atoms with Crippen molar-refractivity contribution in [3.05, 3.63) is 0 Å². The zero-order valence-electron chi connectivity index (χ0n) is 10.8. The van der Waals surface area contributed by atoms with E-state index in [1.165, 1.54) is 0 Å². The molecule has 0 heterocycles. The van der Waals surface area contributed by atoms with Crippen LogP contribution in [0.25, 0.3) is 0 Å². The molecule has 0 aromatic heterocycles. The second kappa shape index (κ2) is 8.62. The Morgan fingerprint density at radius 1 is 1.05 bits per heavy atom. The quantitative estimate of drug-likeness (QED) is 0.407. The minimum Gasteiger partial charge on any atom is -0.548 e. The molecule has 0 unspecified atom stereocenters. The number of ketones is 1. The maximum absolute atomic E-state index is 11.5. The van der Waals surface area contributed by atoms with Crippen molar-refractivity contribution in [2.24, 2.45) is 0 Å². The van der Waals surface area contributed by atoms with Gasteiger partial charge in [-0.1, -0.05) is 6.92 Å². The molecule has 0 aliphatic heterocycles. The monoisotopic (exact) mass is 286 g/mol. The van der Waals surface area contributed by atoms with Gasteiger partial charge in [0.2, 0.25) is 11.8 Å². The van der Waals surface area contributed by atoms with Gasteiger partial charge >= 0.3 is 0 Å². The Kier molecular flexibility index (Phi) is 7.56. The van der Waals surface area contributed by atoms with E-state index in [2.05, 4.69) is 5.32 Å². The van der Waals surface area contributed by atoms with Crippen molar-refractivity contribution >= 4 is 29.5 Å². The van der Waals surface area contributed by atoms with Crippen LogP contribution in [-0.4, -0.2) is 42.1 Å². The van der Waals surface area contributed by atoms with Crippen molar-refractivity contribution in [1.82, 2.24) is 10.6 Å². The van der Waals surface area contributed by atoms with Gasteiger partial charge in [0.15, 0.2) is 5.78 Å². The van der Waals surface area contributed by atoms with Gasteiger partial charge in [-0.3, -0.25) is 14.4 Å². The van der Waals surface area contributed by atoms with Crippen molar-refractivity contribution in [3.63, 3.8) is 0 Å². The molecule has 0 saturated heterocycles. The van der Waals surface area contributed by atoms with Crippen LogP contribution in [0.5, 0.6) is 0 Å². The van der Waals surface area contributed by atoms with Crippen LogP contribution in [0.15, 0.2) is 0 Å². The molecule has 9 heteroatoms. The Bertz CT molecular complexity index is 419. The normalized spacial score (nSPS) is 11.2. The van der Waals surface area contributed by atoms with E-state index in [9.17, 15) is 34.2 Å². The molecule has 0 aromatic rings. The maximum atomic E-state index is 11.5. The lowest BCUT2D eigenvalue weighted by molar-refractivity contribution is -0.304. The fourth-order valence-electron chi connectivity index (χ4n) is 1.23. The van der Waals surface area contributed by atoms with E-state index >= 15 is 0 Å². The number of carbonyl (C=O) groups excluding carboxylic acids is 5. The van der Waals surface area contributed by atoms with Gasteiger partial charge in [0.05, 0.1) is 12.5 Å². The number of aliphatic carboxylic acids is 2. The second-order valence-electron chi connectivity index (χ2n) is 3.83. The number of nitrogens with one attached hydrogen (secondary N) is 2. The van der Waals surface area contributed by atoms with Crippen molar-refractivity contribution in [2.45, 2.75) is 32.2 Å². The summed E-state index contributed by atoms with van der Waals surface area (Å²) in [6.45, 7) is 0.893. The number of hydrogen-bond donors (Lipinski definition) is 2. The van der Waals surface area contributed by atoms with Crippen LogP contribution in [0.3, 0.4) is 0 Å². The van der Waals surface area contributed by atoms with Gasteiger partial charge in [0, 0.05) is 12.8 Å². The van der Waals surface area contributed by atoms with Gasteiger partial charge in [-0.25, -0.2) is 0 Å². The van der Waals surface area contributed by atoms with Crippen LogP contribution < -0.4 is 20.8 Å². The lowest BCUT2D eigenvalue weighted by Crippen LogP contribution is -2.49. The fourth-order valence-corrected chi connectivity index (χ4v) is 1.23. The highest BCUT2D eigenvalue weighted by Gasteiger charge is 2.18. The molecule has 2 N–H and O–H groups in total. The second-order valence-corrected chi connectivity index (χ2v) is 3.83. The standard InChI is InChI=1S/C11H16N2O7/c1-2-6(10(18)12-5-9(16)17)13-8(15)4-3-7(14)11(19)20/h6H,2-5H2,1H3,(H,12,18)(H,13,15)(H,16,17)(H,19,20)/p-2/t6-/m0/s1. The summed E-state index contributed by atoms with van der Waals surface area (Å²) in [4.78, 5) is 53.9. The smallest absolute Gasteiger partial charge is 0.242 e. The van der Waals surface area contributed by atoms with Crippen molar-refractivity contribution in [2.75, 3.05) is 6.54 Å². The van der Waals surface area contributed by atoms with Gasteiger partial charge in [-0.2, -0.15) is 0 Å². The van der Waals surface area contributed by atoms with E-state index in [0.29, 0.717) is 0 Å². The first-order valence-corrected chi connectivity index (χ1v) is 5.79. The van der Waals surface area contributed by atoms with E-state index in [0.717, 1.165) is 0 Å². The average molecular weight is 286 g/mol. The zero-order chi connectivity index (χ0) is 15.7. The van der Waals surface area contributed by atoms with E-state index in [-0.39, 0.29) is 6.42 Å². The summed E-state index contributed by atoms with van der Waals surface area (Å²) >= 11 is 0. The Morgan fingerprint density at radius 2 is 1.65 bits per heavy atom. The zero-order valence-corrected chi connectivity index (χ0v) is 10.8. The molecule has 2 amide bonds. The molecule has 20 heavy (non-hydrogen) atoms. The van der Waals surface area contributed by atoms with Crippen LogP contribution in [0, 0.1) is 0 Å². The van der Waals surface area contributed by atoms with Crippen molar-refractivity contribution < 1.29 is 34.2 Å². The summed E-state index contributed by atoms with van der Waals surface area (Å²) in [5.41, 5.74) is 0. The van der Waals surface area contributed by atoms with Crippen molar-refractivity contribution in [3.8, 4) is 0 Å². The molecule has 0 rings (SSSR count). The van der Waals surface area contributed by atoms with Crippen LogP contribution in [0.4, 0.5) is 0 Å². The Morgan fingerprint density at radius 3 is 2.10 bits per heavy atom. The minimum atomic E-state index is -1.88. The molecule has 0 spiro atoms. The van der Waals surface area contributed by atoms with Crippen molar-refractivity contribution in [1.29, 1.82) is 0 Å². The summed E-state index contributed by atoms with van der Waals surface area (Å²) in [5.74, 6) is -5.98. The molecular formula is C11H14N2O7-2. The van der Waals surface area contributed by atoms with Gasteiger partial charge in [0.25, 0.3) is 0 Å². The lowest BCUT2D eigenvalue weighted by atomic mass is 10.1.